The number of anilines is 1. The molecule has 2 aromatic rings. The van der Waals surface area contributed by atoms with Gasteiger partial charge in [0.15, 0.2) is 0 Å². The van der Waals surface area contributed by atoms with Crippen molar-refractivity contribution in [3.8, 4) is 10.0 Å². The summed E-state index contributed by atoms with van der Waals surface area (Å²) >= 11 is -0.0913. The van der Waals surface area contributed by atoms with Crippen LogP contribution in [0.25, 0.3) is 10.0 Å². The van der Waals surface area contributed by atoms with Crippen LogP contribution in [0.15, 0.2) is 24.3 Å². The molecule has 1 heterocycles. The number of carbonyl (C=O) groups is 1. The molecular weight excluding hydrogens is 350 g/mol. The second-order valence-electron chi connectivity index (χ2n) is 4.57. The van der Waals surface area contributed by atoms with E-state index < -0.39 is 5.97 Å². The monoisotopic (exact) mass is 370 g/mol. The number of halogens is 1. The molecule has 0 atom stereocenters. The first-order chi connectivity index (χ1) is 10.6. The molecule has 0 N–H and O–H groups in total. The summed E-state index contributed by atoms with van der Waals surface area (Å²) in [6, 6.07) is 6.17. The number of ether oxygens (including phenoxy) is 1. The van der Waals surface area contributed by atoms with Gasteiger partial charge in [0.25, 0.3) is 0 Å². The van der Waals surface area contributed by atoms with Crippen molar-refractivity contribution in [2.24, 2.45) is 0 Å². The molecule has 0 radical (unpaired) electrons. The van der Waals surface area contributed by atoms with Gasteiger partial charge in [0.2, 0.25) is 0 Å². The second-order valence-corrected chi connectivity index (χ2v) is 6.62. The third-order valence-electron chi connectivity index (χ3n) is 3.23. The Morgan fingerprint density at radius 2 is 1.86 bits per heavy atom. The van der Waals surface area contributed by atoms with Gasteiger partial charge in [-0.25, -0.2) is 0 Å². The standard InChI is InChI=1S/C16H19FN2O2Se/c1-4-19(5-2)16-18-13(15(20)21-6-3)14(22-16)11-7-9-12(17)10-8-11/h7-10H,4-6H2,1-3H3. The van der Waals surface area contributed by atoms with Crippen LogP contribution in [0.3, 0.4) is 0 Å². The molecule has 0 spiro atoms. The Labute approximate surface area is 135 Å². The van der Waals surface area contributed by atoms with Crippen LogP contribution >= 0.6 is 0 Å². The van der Waals surface area contributed by atoms with Gasteiger partial charge in [0.1, 0.15) is 0 Å². The van der Waals surface area contributed by atoms with Gasteiger partial charge in [-0.1, -0.05) is 0 Å². The molecule has 0 fully saturated rings. The number of esters is 1. The summed E-state index contributed by atoms with van der Waals surface area (Å²) in [6.07, 6.45) is 0. The van der Waals surface area contributed by atoms with Crippen LogP contribution in [-0.2, 0) is 4.74 Å². The van der Waals surface area contributed by atoms with Gasteiger partial charge in [-0.3, -0.25) is 0 Å². The van der Waals surface area contributed by atoms with Crippen LogP contribution in [0.1, 0.15) is 31.3 Å². The minimum absolute atomic E-state index is 0.0913. The molecule has 0 saturated carbocycles. The fraction of sp³-hybridized carbons (Fsp3) is 0.375. The quantitative estimate of drug-likeness (QED) is 0.580. The summed E-state index contributed by atoms with van der Waals surface area (Å²) < 4.78 is 20.0. The van der Waals surface area contributed by atoms with E-state index in [1.165, 1.54) is 12.1 Å². The van der Waals surface area contributed by atoms with E-state index in [0.29, 0.717) is 12.3 Å². The van der Waals surface area contributed by atoms with Crippen molar-refractivity contribution < 1.29 is 13.9 Å². The summed E-state index contributed by atoms with van der Waals surface area (Å²) in [5, 5.41) is 0. The first kappa shape index (κ1) is 16.7. The summed E-state index contributed by atoms with van der Waals surface area (Å²) in [4.78, 5) is 18.8. The number of rotatable bonds is 6. The number of hydrogen-bond donors (Lipinski definition) is 0. The Hall–Kier alpha value is -1.65. The average Bonchev–Trinajstić information content (AvgIpc) is 2.95. The van der Waals surface area contributed by atoms with Crippen molar-refractivity contribution in [1.82, 2.24) is 4.98 Å². The van der Waals surface area contributed by atoms with Crippen molar-refractivity contribution in [3.05, 3.63) is 35.8 Å². The van der Waals surface area contributed by atoms with Crippen LogP contribution in [0.5, 0.6) is 0 Å². The Morgan fingerprint density at radius 1 is 1.23 bits per heavy atom. The summed E-state index contributed by atoms with van der Waals surface area (Å²) in [5.74, 6) is -0.705. The van der Waals surface area contributed by atoms with Crippen LogP contribution < -0.4 is 4.90 Å². The van der Waals surface area contributed by atoms with Gasteiger partial charge >= 0.3 is 135 Å². The summed E-state index contributed by atoms with van der Waals surface area (Å²) in [7, 11) is 0. The zero-order valence-corrected chi connectivity index (χ0v) is 14.6. The first-order valence-corrected chi connectivity index (χ1v) is 9.00. The predicted octanol–water partition coefficient (Wildman–Crippen LogP) is 2.97. The van der Waals surface area contributed by atoms with Gasteiger partial charge in [-0.05, 0) is 0 Å². The van der Waals surface area contributed by atoms with E-state index in [9.17, 15) is 9.18 Å². The Bertz CT molecular complexity index is 636. The van der Waals surface area contributed by atoms with E-state index in [1.807, 2.05) is 0 Å². The third kappa shape index (κ3) is 3.57. The van der Waals surface area contributed by atoms with E-state index in [0.717, 1.165) is 27.8 Å². The molecule has 2 rings (SSSR count). The van der Waals surface area contributed by atoms with E-state index in [1.54, 1.807) is 19.1 Å². The maximum atomic E-state index is 13.1. The van der Waals surface area contributed by atoms with Crippen LogP contribution in [-0.4, -0.2) is 45.2 Å². The topological polar surface area (TPSA) is 42.4 Å². The summed E-state index contributed by atoms with van der Waals surface area (Å²) in [5.41, 5.74) is 1.19. The SMILES string of the molecule is CCOC(=O)c1nc(N(CC)CC)[se]c1-c1ccc(F)cc1. The van der Waals surface area contributed by atoms with E-state index in [2.05, 4.69) is 23.7 Å². The molecular formula is C16H19FN2O2Se. The molecule has 0 unspecified atom stereocenters. The third-order valence-corrected chi connectivity index (χ3v) is 5.67. The molecule has 0 amide bonds. The minimum atomic E-state index is -0.411. The molecule has 0 aliphatic carbocycles. The molecule has 1 aromatic carbocycles. The predicted molar refractivity (Wildman–Crippen MR) is 86.1 cm³/mol. The van der Waals surface area contributed by atoms with Crippen molar-refractivity contribution >= 4 is 25.2 Å². The van der Waals surface area contributed by atoms with Crippen molar-refractivity contribution in [2.75, 3.05) is 24.6 Å². The molecule has 0 bridgehead atoms. The van der Waals surface area contributed by atoms with Gasteiger partial charge in [-0.15, -0.1) is 0 Å². The number of aromatic nitrogens is 1. The normalized spacial score (nSPS) is 10.5. The number of carbonyl (C=O) groups excluding carboxylic acids is 1. The van der Waals surface area contributed by atoms with Gasteiger partial charge in [-0.2, -0.15) is 0 Å². The fourth-order valence-corrected chi connectivity index (χ4v) is 4.56. The van der Waals surface area contributed by atoms with Gasteiger partial charge in [0, 0.05) is 0 Å². The molecule has 6 heteroatoms. The summed E-state index contributed by atoms with van der Waals surface area (Å²) in [6.45, 7) is 7.87. The maximum absolute atomic E-state index is 13.1. The molecule has 0 saturated heterocycles. The van der Waals surface area contributed by atoms with Gasteiger partial charge in [0.05, 0.1) is 0 Å². The second kappa shape index (κ2) is 7.56. The Morgan fingerprint density at radius 3 is 2.41 bits per heavy atom. The van der Waals surface area contributed by atoms with E-state index in [4.69, 9.17) is 4.74 Å². The van der Waals surface area contributed by atoms with Crippen LogP contribution in [0.2, 0.25) is 0 Å². The Kier molecular flexibility index (Phi) is 5.75. The molecule has 1 aromatic heterocycles. The fourth-order valence-electron chi connectivity index (χ4n) is 2.07. The first-order valence-electron chi connectivity index (χ1n) is 7.29. The zero-order chi connectivity index (χ0) is 16.1. The van der Waals surface area contributed by atoms with E-state index >= 15 is 0 Å². The van der Waals surface area contributed by atoms with Crippen LogP contribution in [0.4, 0.5) is 9.08 Å². The van der Waals surface area contributed by atoms with Crippen LogP contribution in [0, 0.1) is 5.82 Å². The molecule has 4 nitrogen and oxygen atoms in total. The number of benzene rings is 1. The van der Waals surface area contributed by atoms with Crippen molar-refractivity contribution in [2.45, 2.75) is 20.8 Å². The van der Waals surface area contributed by atoms with Crippen molar-refractivity contribution in [3.63, 3.8) is 0 Å². The molecule has 118 valence electrons. The Balaban J connectivity index is 2.49. The number of nitrogens with zero attached hydrogens (tertiary/aromatic N) is 2. The molecule has 22 heavy (non-hydrogen) atoms. The average molecular weight is 369 g/mol. The van der Waals surface area contributed by atoms with Crippen molar-refractivity contribution in [1.29, 1.82) is 0 Å². The zero-order valence-electron chi connectivity index (χ0n) is 12.9. The van der Waals surface area contributed by atoms with E-state index in [-0.39, 0.29) is 20.3 Å². The number of hydrogen-bond acceptors (Lipinski definition) is 4. The molecule has 0 aliphatic heterocycles. The van der Waals surface area contributed by atoms with Gasteiger partial charge < -0.3 is 0 Å². The molecule has 0 aliphatic rings.